The van der Waals surface area contributed by atoms with Gasteiger partial charge in [0.2, 0.25) is 0 Å². The molecular formula is C15H17BrFNO. The smallest absolute Gasteiger partial charge is 0.138 e. The molecule has 1 aromatic heterocycles. The lowest BCUT2D eigenvalue weighted by Crippen LogP contribution is -2.20. The summed E-state index contributed by atoms with van der Waals surface area (Å²) in [5.41, 5.74) is 4.28. The quantitative estimate of drug-likeness (QED) is 0.811. The first-order valence-electron chi connectivity index (χ1n) is 6.61. The molecular weight excluding hydrogens is 309 g/mol. The zero-order valence-corrected chi connectivity index (χ0v) is 12.9. The molecule has 1 aromatic carbocycles. The first kappa shape index (κ1) is 13.1. The highest BCUT2D eigenvalue weighted by Gasteiger charge is 2.29. The lowest BCUT2D eigenvalue weighted by atomic mass is 9.95. The van der Waals surface area contributed by atoms with Gasteiger partial charge in [-0.1, -0.05) is 13.8 Å². The first-order valence-corrected chi connectivity index (χ1v) is 7.40. The summed E-state index contributed by atoms with van der Waals surface area (Å²) >= 11 is 3.39. The van der Waals surface area contributed by atoms with E-state index >= 15 is 0 Å². The van der Waals surface area contributed by atoms with Crippen LogP contribution in [0.15, 0.2) is 10.5 Å². The molecule has 3 rings (SSSR count). The molecule has 102 valence electrons. The number of aryl methyl sites for hydroxylation is 1. The van der Waals surface area contributed by atoms with E-state index < -0.39 is 0 Å². The zero-order chi connectivity index (χ0) is 13.7. The molecule has 0 amide bonds. The first-order chi connectivity index (χ1) is 9.00. The Morgan fingerprint density at radius 2 is 2.21 bits per heavy atom. The van der Waals surface area contributed by atoms with Crippen LogP contribution in [0.5, 0.6) is 0 Å². The molecule has 1 N–H and O–H groups in total. The number of hydrogen-bond donors (Lipinski definition) is 1. The van der Waals surface area contributed by atoms with Crippen LogP contribution >= 0.6 is 15.9 Å². The van der Waals surface area contributed by atoms with Crippen LogP contribution in [-0.2, 0) is 11.2 Å². The summed E-state index contributed by atoms with van der Waals surface area (Å²) in [6.45, 7) is 6.93. The largest absolute Gasteiger partial charge is 0.371 e. The van der Waals surface area contributed by atoms with Crippen LogP contribution in [0.25, 0.3) is 10.9 Å². The van der Waals surface area contributed by atoms with Crippen molar-refractivity contribution in [1.29, 1.82) is 0 Å². The Kier molecular flexibility index (Phi) is 3.18. The number of nitrogens with one attached hydrogen (secondary N) is 1. The van der Waals surface area contributed by atoms with Gasteiger partial charge in [0, 0.05) is 11.1 Å². The third-order valence-corrected chi connectivity index (χ3v) is 4.62. The van der Waals surface area contributed by atoms with Gasteiger partial charge in [0.1, 0.15) is 5.82 Å². The Labute approximate surface area is 120 Å². The number of fused-ring (bicyclic) bond motifs is 3. The van der Waals surface area contributed by atoms with Gasteiger partial charge in [-0.25, -0.2) is 4.39 Å². The molecule has 0 spiro atoms. The van der Waals surface area contributed by atoms with Gasteiger partial charge < -0.3 is 9.72 Å². The third kappa shape index (κ3) is 1.93. The fourth-order valence-electron chi connectivity index (χ4n) is 2.94. The monoisotopic (exact) mass is 325 g/mol. The third-order valence-electron chi connectivity index (χ3n) is 3.84. The number of aromatic amines is 1. The standard InChI is InChI=1S/C15H17BrFNO/c1-7(2)15-14-9(4-5-19-15)11-12(16)10(17)6-8(3)13(11)18-14/h6-7,15,18H,4-5H2,1-3H3. The summed E-state index contributed by atoms with van der Waals surface area (Å²) in [4.78, 5) is 3.46. The van der Waals surface area contributed by atoms with E-state index in [0.29, 0.717) is 17.0 Å². The van der Waals surface area contributed by atoms with Crippen LogP contribution in [0.1, 0.15) is 36.8 Å². The van der Waals surface area contributed by atoms with Gasteiger partial charge >= 0.3 is 0 Å². The van der Waals surface area contributed by atoms with Gasteiger partial charge in [-0.15, -0.1) is 0 Å². The van der Waals surface area contributed by atoms with Crippen molar-refractivity contribution in [2.75, 3.05) is 6.61 Å². The van der Waals surface area contributed by atoms with Crippen molar-refractivity contribution in [1.82, 2.24) is 4.98 Å². The Hall–Kier alpha value is -0.870. The maximum atomic E-state index is 13.9. The molecule has 4 heteroatoms. The van der Waals surface area contributed by atoms with Crippen molar-refractivity contribution >= 4 is 26.8 Å². The summed E-state index contributed by atoms with van der Waals surface area (Å²) in [5.74, 6) is 0.204. The lowest BCUT2D eigenvalue weighted by molar-refractivity contribution is 0.00916. The molecule has 1 atom stereocenters. The van der Waals surface area contributed by atoms with Crippen molar-refractivity contribution in [3.8, 4) is 0 Å². The second kappa shape index (κ2) is 4.60. The van der Waals surface area contributed by atoms with Crippen molar-refractivity contribution in [2.24, 2.45) is 5.92 Å². The van der Waals surface area contributed by atoms with E-state index in [1.165, 1.54) is 5.56 Å². The topological polar surface area (TPSA) is 25.0 Å². The minimum absolute atomic E-state index is 0.0745. The van der Waals surface area contributed by atoms with E-state index in [2.05, 4.69) is 34.8 Å². The minimum Gasteiger partial charge on any atom is -0.371 e. The normalized spacial score (nSPS) is 19.2. The highest BCUT2D eigenvalue weighted by atomic mass is 79.9. The van der Waals surface area contributed by atoms with Crippen LogP contribution in [0.3, 0.4) is 0 Å². The van der Waals surface area contributed by atoms with Crippen LogP contribution in [-0.4, -0.2) is 11.6 Å². The molecule has 0 bridgehead atoms. The molecule has 1 unspecified atom stereocenters. The highest BCUT2D eigenvalue weighted by molar-refractivity contribution is 9.10. The van der Waals surface area contributed by atoms with Crippen molar-refractivity contribution in [2.45, 2.75) is 33.3 Å². The van der Waals surface area contributed by atoms with Gasteiger partial charge in [-0.2, -0.15) is 0 Å². The van der Waals surface area contributed by atoms with Gasteiger partial charge in [0.25, 0.3) is 0 Å². The summed E-state index contributed by atoms with van der Waals surface area (Å²) in [6.07, 6.45) is 0.908. The van der Waals surface area contributed by atoms with E-state index in [1.807, 2.05) is 6.92 Å². The van der Waals surface area contributed by atoms with Crippen molar-refractivity contribution in [3.05, 3.63) is 33.2 Å². The Bertz CT molecular complexity index is 647. The second-order valence-electron chi connectivity index (χ2n) is 5.54. The van der Waals surface area contributed by atoms with E-state index in [0.717, 1.165) is 28.6 Å². The summed E-state index contributed by atoms with van der Waals surface area (Å²) in [7, 11) is 0. The predicted octanol–water partition coefficient (Wildman–Crippen LogP) is 4.65. The fourth-order valence-corrected chi connectivity index (χ4v) is 3.49. The number of halogens is 2. The Morgan fingerprint density at radius 3 is 2.89 bits per heavy atom. The number of H-pyrrole nitrogens is 1. The molecule has 2 heterocycles. The molecule has 19 heavy (non-hydrogen) atoms. The van der Waals surface area contributed by atoms with Crippen LogP contribution < -0.4 is 0 Å². The molecule has 0 radical (unpaired) electrons. The molecule has 1 aliphatic rings. The molecule has 2 nitrogen and oxygen atoms in total. The summed E-state index contributed by atoms with van der Waals surface area (Å²) < 4.78 is 20.4. The number of hydrogen-bond acceptors (Lipinski definition) is 1. The molecule has 0 aliphatic carbocycles. The lowest BCUT2D eigenvalue weighted by Gasteiger charge is -2.26. The van der Waals surface area contributed by atoms with Gasteiger partial charge in [-0.3, -0.25) is 0 Å². The number of aromatic nitrogens is 1. The van der Waals surface area contributed by atoms with Crippen molar-refractivity contribution in [3.63, 3.8) is 0 Å². The average molecular weight is 326 g/mol. The second-order valence-corrected chi connectivity index (χ2v) is 6.33. The van der Waals surface area contributed by atoms with Gasteiger partial charge in [0.05, 0.1) is 22.7 Å². The predicted molar refractivity (Wildman–Crippen MR) is 77.9 cm³/mol. The Balaban J connectivity index is 2.33. The molecule has 0 saturated heterocycles. The number of ether oxygens (including phenoxy) is 1. The van der Waals surface area contributed by atoms with Crippen LogP contribution in [0, 0.1) is 18.7 Å². The maximum absolute atomic E-state index is 13.9. The van der Waals surface area contributed by atoms with Gasteiger partial charge in [-0.05, 0) is 52.4 Å². The summed E-state index contributed by atoms with van der Waals surface area (Å²) in [5, 5.41) is 0.987. The van der Waals surface area contributed by atoms with E-state index in [1.54, 1.807) is 6.07 Å². The SMILES string of the molecule is Cc1cc(F)c(Br)c2c3c([nH]c12)C(C(C)C)OCC3. The maximum Gasteiger partial charge on any atom is 0.138 e. The molecule has 1 aliphatic heterocycles. The molecule has 2 aromatic rings. The Morgan fingerprint density at radius 1 is 1.47 bits per heavy atom. The van der Waals surface area contributed by atoms with Crippen LogP contribution in [0.4, 0.5) is 4.39 Å². The number of rotatable bonds is 1. The van der Waals surface area contributed by atoms with E-state index in [4.69, 9.17) is 4.74 Å². The van der Waals surface area contributed by atoms with E-state index in [-0.39, 0.29) is 11.9 Å². The van der Waals surface area contributed by atoms with E-state index in [9.17, 15) is 4.39 Å². The van der Waals surface area contributed by atoms with Crippen molar-refractivity contribution < 1.29 is 9.13 Å². The summed E-state index contributed by atoms with van der Waals surface area (Å²) in [6, 6.07) is 1.57. The highest BCUT2D eigenvalue weighted by Crippen LogP contribution is 2.40. The fraction of sp³-hybridized carbons (Fsp3) is 0.467. The van der Waals surface area contributed by atoms with Crippen LogP contribution in [0.2, 0.25) is 0 Å². The number of benzene rings is 1. The molecule has 0 saturated carbocycles. The molecule has 0 fully saturated rings. The minimum atomic E-state index is -0.195. The average Bonchev–Trinajstić information content (AvgIpc) is 2.75. The van der Waals surface area contributed by atoms with Gasteiger partial charge in [0.15, 0.2) is 0 Å². The zero-order valence-electron chi connectivity index (χ0n) is 11.3.